The summed E-state index contributed by atoms with van der Waals surface area (Å²) in [5.74, 6) is 0.219. The van der Waals surface area contributed by atoms with Crippen molar-refractivity contribution in [3.05, 3.63) is 58.0 Å². The number of H-pyrrole nitrogens is 1. The molecule has 1 unspecified atom stereocenters. The average Bonchev–Trinajstić information content (AvgIpc) is 2.39. The Morgan fingerprint density at radius 2 is 2.29 bits per heavy atom. The van der Waals surface area contributed by atoms with E-state index in [0.29, 0.717) is 0 Å². The number of fused-ring (bicyclic) bond motifs is 1. The minimum atomic E-state index is -0.161. The monoisotopic (exact) mass is 227 g/mol. The SMILES string of the molecule is O=c1cnc(C2CCCc3cccnc32)c[nH]1. The van der Waals surface area contributed by atoms with Crippen LogP contribution in [0.4, 0.5) is 0 Å². The molecule has 1 aliphatic rings. The third-order valence-corrected chi connectivity index (χ3v) is 3.25. The van der Waals surface area contributed by atoms with Gasteiger partial charge in [0.1, 0.15) is 0 Å². The van der Waals surface area contributed by atoms with Crippen LogP contribution in [0.5, 0.6) is 0 Å². The molecule has 1 N–H and O–H groups in total. The van der Waals surface area contributed by atoms with E-state index < -0.39 is 0 Å². The van der Waals surface area contributed by atoms with Crippen molar-refractivity contribution in [3.8, 4) is 0 Å². The van der Waals surface area contributed by atoms with Crippen LogP contribution in [-0.4, -0.2) is 15.0 Å². The summed E-state index contributed by atoms with van der Waals surface area (Å²) in [7, 11) is 0. The summed E-state index contributed by atoms with van der Waals surface area (Å²) >= 11 is 0. The van der Waals surface area contributed by atoms with Crippen LogP contribution >= 0.6 is 0 Å². The lowest BCUT2D eigenvalue weighted by molar-refractivity contribution is 0.585. The van der Waals surface area contributed by atoms with Gasteiger partial charge in [-0.2, -0.15) is 0 Å². The van der Waals surface area contributed by atoms with Gasteiger partial charge in [-0.05, 0) is 30.9 Å². The van der Waals surface area contributed by atoms with Gasteiger partial charge < -0.3 is 4.98 Å². The highest BCUT2D eigenvalue weighted by atomic mass is 16.1. The highest BCUT2D eigenvalue weighted by Crippen LogP contribution is 2.33. The molecule has 0 amide bonds. The molecule has 86 valence electrons. The highest BCUT2D eigenvalue weighted by molar-refractivity contribution is 5.31. The van der Waals surface area contributed by atoms with Crippen molar-refractivity contribution in [2.24, 2.45) is 0 Å². The highest BCUT2D eigenvalue weighted by Gasteiger charge is 2.23. The Balaban J connectivity index is 2.05. The van der Waals surface area contributed by atoms with Crippen LogP contribution < -0.4 is 5.56 Å². The molecule has 0 aliphatic heterocycles. The second-order valence-corrected chi connectivity index (χ2v) is 4.33. The van der Waals surface area contributed by atoms with E-state index in [1.54, 1.807) is 6.20 Å². The number of aromatic amines is 1. The quantitative estimate of drug-likeness (QED) is 0.805. The summed E-state index contributed by atoms with van der Waals surface area (Å²) in [5, 5.41) is 0. The van der Waals surface area contributed by atoms with Crippen LogP contribution in [0.15, 0.2) is 35.5 Å². The Morgan fingerprint density at radius 1 is 1.35 bits per heavy atom. The largest absolute Gasteiger partial charge is 0.326 e. The van der Waals surface area contributed by atoms with Gasteiger partial charge >= 0.3 is 0 Å². The molecule has 17 heavy (non-hydrogen) atoms. The zero-order valence-electron chi connectivity index (χ0n) is 9.39. The number of pyridine rings is 1. The molecule has 0 radical (unpaired) electrons. The van der Waals surface area contributed by atoms with Crippen LogP contribution in [-0.2, 0) is 6.42 Å². The number of hydrogen-bond donors (Lipinski definition) is 1. The molecular formula is C13H13N3O. The minimum absolute atomic E-state index is 0.161. The normalized spacial score (nSPS) is 18.7. The van der Waals surface area contributed by atoms with E-state index in [4.69, 9.17) is 0 Å². The van der Waals surface area contributed by atoms with E-state index >= 15 is 0 Å². The molecule has 0 bridgehead atoms. The van der Waals surface area contributed by atoms with Crippen molar-refractivity contribution in [1.82, 2.24) is 15.0 Å². The van der Waals surface area contributed by atoms with Crippen LogP contribution in [0.1, 0.15) is 35.7 Å². The van der Waals surface area contributed by atoms with Gasteiger partial charge in [-0.1, -0.05) is 6.07 Å². The van der Waals surface area contributed by atoms with Gasteiger partial charge in [0.25, 0.3) is 5.56 Å². The Labute approximate surface area is 98.8 Å². The molecule has 2 aromatic rings. The van der Waals surface area contributed by atoms with E-state index in [-0.39, 0.29) is 11.5 Å². The van der Waals surface area contributed by atoms with Gasteiger partial charge in [0.15, 0.2) is 0 Å². The van der Waals surface area contributed by atoms with Gasteiger partial charge in [0.05, 0.1) is 17.6 Å². The molecule has 0 aromatic carbocycles. The second-order valence-electron chi connectivity index (χ2n) is 4.33. The lowest BCUT2D eigenvalue weighted by Crippen LogP contribution is -2.16. The van der Waals surface area contributed by atoms with Crippen LogP contribution in [0.25, 0.3) is 0 Å². The topological polar surface area (TPSA) is 58.6 Å². The molecule has 1 atom stereocenters. The molecule has 3 rings (SSSR count). The van der Waals surface area contributed by atoms with Gasteiger partial charge in [0, 0.05) is 18.3 Å². The number of aromatic nitrogens is 3. The Kier molecular flexibility index (Phi) is 2.48. The van der Waals surface area contributed by atoms with Crippen molar-refractivity contribution in [2.45, 2.75) is 25.2 Å². The Bertz CT molecular complexity index is 571. The molecule has 4 nitrogen and oxygen atoms in total. The summed E-state index contributed by atoms with van der Waals surface area (Å²) in [4.78, 5) is 22.4. The standard InChI is InChI=1S/C13H13N3O/c17-12-8-15-11(7-16-12)10-5-1-3-9-4-2-6-14-13(9)10/h2,4,6-8,10H,1,3,5H2,(H,16,17). The fourth-order valence-corrected chi connectivity index (χ4v) is 2.44. The molecule has 2 heterocycles. The van der Waals surface area contributed by atoms with Crippen molar-refractivity contribution < 1.29 is 0 Å². The Morgan fingerprint density at radius 3 is 3.12 bits per heavy atom. The maximum absolute atomic E-state index is 11.0. The van der Waals surface area contributed by atoms with E-state index in [0.717, 1.165) is 30.7 Å². The fourth-order valence-electron chi connectivity index (χ4n) is 2.44. The lowest BCUT2D eigenvalue weighted by atomic mass is 9.85. The second kappa shape index (κ2) is 4.13. The van der Waals surface area contributed by atoms with Gasteiger partial charge in [-0.25, -0.2) is 0 Å². The summed E-state index contributed by atoms with van der Waals surface area (Å²) in [6.07, 6.45) is 8.14. The van der Waals surface area contributed by atoms with Crippen molar-refractivity contribution in [2.75, 3.05) is 0 Å². The molecule has 1 aliphatic carbocycles. The third-order valence-electron chi connectivity index (χ3n) is 3.25. The maximum Gasteiger partial charge on any atom is 0.266 e. The first-order valence-corrected chi connectivity index (χ1v) is 5.83. The third kappa shape index (κ3) is 1.86. The van der Waals surface area contributed by atoms with Crippen LogP contribution in [0, 0.1) is 0 Å². The molecule has 0 saturated carbocycles. The fraction of sp³-hybridized carbons (Fsp3) is 0.308. The number of nitrogens with one attached hydrogen (secondary N) is 1. The zero-order valence-corrected chi connectivity index (χ0v) is 9.39. The Hall–Kier alpha value is -1.97. The van der Waals surface area contributed by atoms with Crippen molar-refractivity contribution in [1.29, 1.82) is 0 Å². The van der Waals surface area contributed by atoms with Gasteiger partial charge in [0.2, 0.25) is 0 Å². The first-order valence-electron chi connectivity index (χ1n) is 5.83. The first-order chi connectivity index (χ1) is 8.34. The van der Waals surface area contributed by atoms with E-state index in [9.17, 15) is 4.79 Å². The maximum atomic E-state index is 11.0. The molecule has 0 spiro atoms. The van der Waals surface area contributed by atoms with Gasteiger partial charge in [-0.15, -0.1) is 0 Å². The number of nitrogens with zero attached hydrogens (tertiary/aromatic N) is 2. The molecule has 0 saturated heterocycles. The summed E-state index contributed by atoms with van der Waals surface area (Å²) in [5.41, 5.74) is 3.16. The smallest absolute Gasteiger partial charge is 0.266 e. The van der Waals surface area contributed by atoms with Crippen molar-refractivity contribution in [3.63, 3.8) is 0 Å². The predicted molar refractivity (Wildman–Crippen MR) is 63.9 cm³/mol. The lowest BCUT2D eigenvalue weighted by Gasteiger charge is -2.23. The van der Waals surface area contributed by atoms with Crippen molar-refractivity contribution >= 4 is 0 Å². The number of rotatable bonds is 1. The summed E-state index contributed by atoms with van der Waals surface area (Å²) < 4.78 is 0. The molecule has 2 aromatic heterocycles. The van der Waals surface area contributed by atoms with E-state index in [1.807, 2.05) is 12.3 Å². The summed E-state index contributed by atoms with van der Waals surface area (Å²) in [6, 6.07) is 4.10. The minimum Gasteiger partial charge on any atom is -0.326 e. The molecular weight excluding hydrogens is 214 g/mol. The van der Waals surface area contributed by atoms with E-state index in [2.05, 4.69) is 21.0 Å². The van der Waals surface area contributed by atoms with Crippen LogP contribution in [0.3, 0.4) is 0 Å². The summed E-state index contributed by atoms with van der Waals surface area (Å²) in [6.45, 7) is 0. The first kappa shape index (κ1) is 10.2. The van der Waals surface area contributed by atoms with Crippen LogP contribution in [0.2, 0.25) is 0 Å². The molecule has 0 fully saturated rings. The van der Waals surface area contributed by atoms with Gasteiger partial charge in [-0.3, -0.25) is 14.8 Å². The number of aryl methyl sites for hydroxylation is 1. The zero-order chi connectivity index (χ0) is 11.7. The number of hydrogen-bond acceptors (Lipinski definition) is 3. The molecule has 4 heteroatoms. The van der Waals surface area contributed by atoms with E-state index in [1.165, 1.54) is 11.8 Å². The predicted octanol–water partition coefficient (Wildman–Crippen LogP) is 1.63. The average molecular weight is 227 g/mol.